The third-order valence-electron chi connectivity index (χ3n) is 8.68. The van der Waals surface area contributed by atoms with Gasteiger partial charge in [-0.3, -0.25) is 0 Å². The molecule has 3 aromatic carbocycles. The first-order chi connectivity index (χ1) is 15.8. The normalized spacial score (nSPS) is 13.6. The molecule has 0 radical (unpaired) electrons. The van der Waals surface area contributed by atoms with Gasteiger partial charge >= 0.3 is 0 Å². The molecule has 0 heterocycles. The van der Waals surface area contributed by atoms with Crippen molar-refractivity contribution in [2.24, 2.45) is 0 Å². The lowest BCUT2D eigenvalue weighted by Crippen LogP contribution is -2.83. The molecule has 0 aliphatic rings. The summed E-state index contributed by atoms with van der Waals surface area (Å²) in [5.41, 5.74) is 2.23. The molecule has 33 heavy (non-hydrogen) atoms. The second-order valence-electron chi connectivity index (χ2n) is 10.9. The molecule has 0 aliphatic carbocycles. The van der Waals surface area contributed by atoms with Crippen LogP contribution in [-0.2, 0) is 0 Å². The third kappa shape index (κ3) is 5.06. The van der Waals surface area contributed by atoms with Crippen LogP contribution in [0, 0.1) is 0 Å². The first-order valence-electron chi connectivity index (χ1n) is 12.9. The molecule has 0 spiro atoms. The lowest BCUT2D eigenvalue weighted by molar-refractivity contribution is 0.696. The summed E-state index contributed by atoms with van der Waals surface area (Å²) in [6.45, 7) is 15.9. The smallest absolute Gasteiger partial charge is 0.0675 e. The van der Waals surface area contributed by atoms with Gasteiger partial charge in [-0.1, -0.05) is 173 Å². The predicted octanol–water partition coefficient (Wildman–Crippen LogP) is 7.75. The van der Waals surface area contributed by atoms with E-state index in [9.17, 15) is 0 Å². The van der Waals surface area contributed by atoms with E-state index in [4.69, 9.17) is 0 Å². The molecule has 0 aliphatic heterocycles. The number of unbranched alkanes of at least 4 members (excludes halogenated alkanes) is 3. The van der Waals surface area contributed by atoms with Crippen LogP contribution in [0.15, 0.2) is 91.0 Å². The molecule has 0 saturated carbocycles. The maximum absolute atomic E-state index is 2.74. The average Bonchev–Trinajstić information content (AvgIpc) is 2.85. The van der Waals surface area contributed by atoms with E-state index < -0.39 is 22.3 Å². The van der Waals surface area contributed by atoms with Gasteiger partial charge in [0, 0.05) is 0 Å². The van der Waals surface area contributed by atoms with Crippen LogP contribution in [-0.4, -0.2) is 22.3 Å². The Bertz CT molecular complexity index is 914. The van der Waals surface area contributed by atoms with Gasteiger partial charge in [0.2, 0.25) is 0 Å². The second kappa shape index (κ2) is 11.2. The molecule has 3 rings (SSSR count). The lowest BCUT2D eigenvalue weighted by atomic mass is 10.2. The molecule has 0 fully saturated rings. The number of benzene rings is 3. The van der Waals surface area contributed by atoms with Gasteiger partial charge in [-0.15, -0.1) is 0 Å². The highest BCUT2D eigenvalue weighted by Gasteiger charge is 2.62. The van der Waals surface area contributed by atoms with Gasteiger partial charge < -0.3 is 0 Å². The molecule has 0 amide bonds. The Morgan fingerprint density at radius 2 is 1.00 bits per heavy atom. The Kier molecular flexibility index (Phi) is 8.77. The van der Waals surface area contributed by atoms with E-state index in [1.54, 1.807) is 15.9 Å². The highest BCUT2D eigenvalue weighted by molar-refractivity contribution is 7.74. The number of rotatable bonds is 11. The van der Waals surface area contributed by atoms with Crippen molar-refractivity contribution in [2.75, 3.05) is 0 Å². The maximum atomic E-state index is 2.74. The van der Waals surface area contributed by atoms with E-state index in [1.807, 2.05) is 0 Å². The molecule has 3 heteroatoms. The van der Waals surface area contributed by atoms with E-state index in [0.29, 0.717) is 5.54 Å². The van der Waals surface area contributed by atoms with E-state index in [1.165, 1.54) is 31.7 Å². The zero-order valence-electron chi connectivity index (χ0n) is 21.8. The van der Waals surface area contributed by atoms with Crippen molar-refractivity contribution in [2.45, 2.75) is 77.3 Å². The molecule has 1 atom stereocenters. The van der Waals surface area contributed by atoms with Gasteiger partial charge in [-0.05, 0) is 11.1 Å². The van der Waals surface area contributed by atoms with Crippen LogP contribution in [0.3, 0.4) is 0 Å². The highest BCUT2D eigenvalue weighted by Crippen LogP contribution is 2.44. The molecule has 0 nitrogen and oxygen atoms in total. The SMILES string of the molecule is CCCCCC[Si](C(C)c1ccccc1)([Si](C)(C)c1ccccc1)[Si](C)(C)c1ccccc1. The van der Waals surface area contributed by atoms with Gasteiger partial charge in [-0.25, -0.2) is 0 Å². The standard InChI is InChI=1S/C30H44Si3/c1-7-8-9-19-26-33(27(2)28-20-13-10-14-21-28,31(3,4)29-22-15-11-16-23-29)32(5,6)30-24-17-12-18-25-30/h10-18,20-25,27H,7-9,19,26H2,1-6H3. The summed E-state index contributed by atoms with van der Waals surface area (Å²) in [7, 11) is -5.41. The van der Waals surface area contributed by atoms with E-state index in [-0.39, 0.29) is 0 Å². The molecule has 3 aromatic rings. The van der Waals surface area contributed by atoms with Crippen molar-refractivity contribution in [1.29, 1.82) is 0 Å². The predicted molar refractivity (Wildman–Crippen MR) is 157 cm³/mol. The summed E-state index contributed by atoms with van der Waals surface area (Å²) in [5.74, 6) is 0. The van der Waals surface area contributed by atoms with Gasteiger partial charge in [0.05, 0.1) is 22.3 Å². The van der Waals surface area contributed by atoms with Gasteiger partial charge in [0.1, 0.15) is 0 Å². The van der Waals surface area contributed by atoms with Crippen LogP contribution in [0.4, 0.5) is 0 Å². The van der Waals surface area contributed by atoms with Crippen molar-refractivity contribution in [3.8, 4) is 0 Å². The maximum Gasteiger partial charge on any atom is 0.0729 e. The number of hydrogen-bond donors (Lipinski definition) is 0. The molecule has 0 bridgehead atoms. The van der Waals surface area contributed by atoms with E-state index >= 15 is 0 Å². The van der Waals surface area contributed by atoms with Crippen LogP contribution >= 0.6 is 0 Å². The van der Waals surface area contributed by atoms with Gasteiger partial charge in [0.15, 0.2) is 0 Å². The molecule has 1 unspecified atom stereocenters. The fourth-order valence-electron chi connectivity index (χ4n) is 6.79. The molecular formula is C30H44Si3. The molecule has 0 N–H and O–H groups in total. The molecule has 0 saturated heterocycles. The van der Waals surface area contributed by atoms with Gasteiger partial charge in [0.25, 0.3) is 0 Å². The molecule has 176 valence electrons. The van der Waals surface area contributed by atoms with Crippen LogP contribution in [0.1, 0.15) is 50.6 Å². The summed E-state index contributed by atoms with van der Waals surface area (Å²) in [6, 6.07) is 36.4. The Morgan fingerprint density at radius 1 is 0.576 bits per heavy atom. The fourth-order valence-corrected chi connectivity index (χ4v) is 54.6. The van der Waals surface area contributed by atoms with Crippen molar-refractivity contribution in [3.05, 3.63) is 96.6 Å². The molecular weight excluding hydrogens is 445 g/mol. The summed E-state index contributed by atoms with van der Waals surface area (Å²) in [6.07, 6.45) is 5.45. The highest BCUT2D eigenvalue weighted by atomic mass is 29.6. The minimum atomic E-state index is -1.85. The third-order valence-corrected chi connectivity index (χ3v) is 50.1. The second-order valence-corrected chi connectivity index (χ2v) is 36.2. The van der Waals surface area contributed by atoms with Crippen molar-refractivity contribution >= 4 is 32.7 Å². The quantitative estimate of drug-likeness (QED) is 0.191. The monoisotopic (exact) mass is 488 g/mol. The fraction of sp³-hybridized carbons (Fsp3) is 0.400. The van der Waals surface area contributed by atoms with E-state index in [2.05, 4.69) is 131 Å². The van der Waals surface area contributed by atoms with Crippen molar-refractivity contribution in [1.82, 2.24) is 0 Å². The van der Waals surface area contributed by atoms with E-state index in [0.717, 1.165) is 0 Å². The first-order valence-corrected chi connectivity index (χ1v) is 23.2. The zero-order valence-corrected chi connectivity index (χ0v) is 24.8. The van der Waals surface area contributed by atoms with Crippen LogP contribution in [0.25, 0.3) is 0 Å². The minimum absolute atomic E-state index is 0.657. The summed E-state index contributed by atoms with van der Waals surface area (Å²) >= 11 is 0. The summed E-state index contributed by atoms with van der Waals surface area (Å²) in [4.78, 5) is 0. The van der Waals surface area contributed by atoms with Crippen molar-refractivity contribution in [3.63, 3.8) is 0 Å². The summed E-state index contributed by atoms with van der Waals surface area (Å²) in [5, 5.41) is 3.35. The lowest BCUT2D eigenvalue weighted by Gasteiger charge is -2.57. The Labute approximate surface area is 206 Å². The Hall–Kier alpha value is -1.69. The van der Waals surface area contributed by atoms with Gasteiger partial charge in [-0.2, -0.15) is 0 Å². The topological polar surface area (TPSA) is 0 Å². The van der Waals surface area contributed by atoms with Crippen LogP contribution in [0.5, 0.6) is 0 Å². The summed E-state index contributed by atoms with van der Waals surface area (Å²) < 4.78 is 0. The van der Waals surface area contributed by atoms with Crippen LogP contribution in [0.2, 0.25) is 32.2 Å². The van der Waals surface area contributed by atoms with Crippen LogP contribution < -0.4 is 10.4 Å². The average molecular weight is 489 g/mol. The van der Waals surface area contributed by atoms with Crippen molar-refractivity contribution < 1.29 is 0 Å². The first kappa shape index (κ1) is 25.9. The Morgan fingerprint density at radius 3 is 1.42 bits per heavy atom. The zero-order chi connectivity index (χ0) is 24.0. The Balaban J connectivity index is 2.28. The number of hydrogen-bond acceptors (Lipinski definition) is 0. The minimum Gasteiger partial charge on any atom is -0.0675 e. The molecule has 0 aromatic heterocycles. The largest absolute Gasteiger partial charge is 0.0729 e.